The van der Waals surface area contributed by atoms with Gasteiger partial charge in [0.05, 0.1) is 6.21 Å². The third kappa shape index (κ3) is 3.56. The highest BCUT2D eigenvalue weighted by Crippen LogP contribution is 2.36. The Balaban J connectivity index is 2.23. The molecule has 126 valence electrons. The predicted molar refractivity (Wildman–Crippen MR) is 102 cm³/mol. The molecule has 0 unspecified atom stereocenters. The van der Waals surface area contributed by atoms with E-state index < -0.39 is 0 Å². The molecule has 0 radical (unpaired) electrons. The molecule has 2 N–H and O–H groups in total. The number of phenols is 1. The minimum atomic E-state index is 0.333. The van der Waals surface area contributed by atoms with Crippen molar-refractivity contribution in [2.45, 2.75) is 19.8 Å². The van der Waals surface area contributed by atoms with E-state index in [0.29, 0.717) is 5.75 Å². The van der Waals surface area contributed by atoms with E-state index in [9.17, 15) is 5.11 Å². The molecule has 0 saturated carbocycles. The van der Waals surface area contributed by atoms with Gasteiger partial charge in [0, 0.05) is 5.56 Å². The number of benzene rings is 3. The van der Waals surface area contributed by atoms with Crippen LogP contribution < -0.4 is 0 Å². The number of aryl methyl sites for hydroxylation is 1. The highest BCUT2D eigenvalue weighted by atomic mass is 16.4. The number of aromatic hydroxyl groups is 1. The molecule has 0 heterocycles. The summed E-state index contributed by atoms with van der Waals surface area (Å²) in [6, 6.07) is 21.7. The molecule has 3 aromatic rings. The van der Waals surface area contributed by atoms with Gasteiger partial charge < -0.3 is 10.3 Å². The van der Waals surface area contributed by atoms with Crippen LogP contribution in [0.15, 0.2) is 71.9 Å². The highest BCUT2D eigenvalue weighted by molar-refractivity contribution is 5.97. The van der Waals surface area contributed by atoms with Crippen LogP contribution in [0.3, 0.4) is 0 Å². The van der Waals surface area contributed by atoms with Gasteiger partial charge in [-0.15, -0.1) is 0 Å². The predicted octanol–water partition coefficient (Wildman–Crippen LogP) is 5.49. The lowest BCUT2D eigenvalue weighted by Gasteiger charge is -2.15. The second-order valence-electron chi connectivity index (χ2n) is 5.97. The van der Waals surface area contributed by atoms with Crippen molar-refractivity contribution in [3.63, 3.8) is 0 Å². The molecule has 0 atom stereocenters. The van der Waals surface area contributed by atoms with Gasteiger partial charge in [-0.05, 0) is 46.4 Å². The van der Waals surface area contributed by atoms with Gasteiger partial charge in [0.15, 0.2) is 0 Å². The maximum atomic E-state index is 10.1. The van der Waals surface area contributed by atoms with Crippen LogP contribution >= 0.6 is 0 Å². The lowest BCUT2D eigenvalue weighted by molar-refractivity contribution is 0.322. The number of phenolic OH excluding ortho intramolecular Hbond substituents is 1. The van der Waals surface area contributed by atoms with E-state index in [-0.39, 0.29) is 0 Å². The van der Waals surface area contributed by atoms with Gasteiger partial charge in [-0.3, -0.25) is 0 Å². The fourth-order valence-corrected chi connectivity index (χ4v) is 3.13. The number of oxime groups is 1. The van der Waals surface area contributed by atoms with E-state index in [2.05, 4.69) is 18.1 Å². The number of hydrogen-bond acceptors (Lipinski definition) is 3. The smallest absolute Gasteiger partial charge is 0.118 e. The van der Waals surface area contributed by atoms with Gasteiger partial charge in [0.2, 0.25) is 0 Å². The summed E-state index contributed by atoms with van der Waals surface area (Å²) in [7, 11) is 0. The summed E-state index contributed by atoms with van der Waals surface area (Å²) >= 11 is 0. The zero-order valence-corrected chi connectivity index (χ0v) is 14.2. The maximum Gasteiger partial charge on any atom is 0.118 e. The van der Waals surface area contributed by atoms with Gasteiger partial charge in [-0.25, -0.2) is 0 Å². The molecule has 0 bridgehead atoms. The van der Waals surface area contributed by atoms with E-state index in [1.54, 1.807) is 6.07 Å². The second-order valence-corrected chi connectivity index (χ2v) is 5.97. The van der Waals surface area contributed by atoms with Crippen LogP contribution in [-0.4, -0.2) is 16.5 Å². The van der Waals surface area contributed by atoms with Crippen LogP contribution in [0.5, 0.6) is 5.75 Å². The first-order valence-electron chi connectivity index (χ1n) is 8.42. The molecule has 3 rings (SSSR count). The molecule has 0 saturated heterocycles. The first kappa shape index (κ1) is 16.8. The normalized spacial score (nSPS) is 11.1. The van der Waals surface area contributed by atoms with Crippen molar-refractivity contribution in [3.8, 4) is 28.0 Å². The largest absolute Gasteiger partial charge is 0.508 e. The second kappa shape index (κ2) is 7.67. The molecule has 25 heavy (non-hydrogen) atoms. The topological polar surface area (TPSA) is 52.8 Å². The van der Waals surface area contributed by atoms with Crippen LogP contribution in [0, 0.1) is 0 Å². The average Bonchev–Trinajstić information content (AvgIpc) is 2.64. The van der Waals surface area contributed by atoms with Crippen molar-refractivity contribution in [3.05, 3.63) is 77.9 Å². The molecule has 0 aliphatic heterocycles. The van der Waals surface area contributed by atoms with E-state index in [1.807, 2.05) is 54.6 Å². The minimum Gasteiger partial charge on any atom is -0.508 e. The molecular weight excluding hydrogens is 310 g/mol. The van der Waals surface area contributed by atoms with E-state index in [4.69, 9.17) is 5.21 Å². The first-order valence-corrected chi connectivity index (χ1v) is 8.42. The summed E-state index contributed by atoms with van der Waals surface area (Å²) in [6.07, 6.45) is 3.26. The van der Waals surface area contributed by atoms with Gasteiger partial charge in [-0.2, -0.15) is 0 Å². The number of nitrogens with zero attached hydrogens (tertiary/aromatic N) is 1. The Kier molecular flexibility index (Phi) is 5.14. The lowest BCUT2D eigenvalue weighted by Crippen LogP contribution is -1.94. The molecule has 3 heteroatoms. The third-order valence-corrected chi connectivity index (χ3v) is 4.27. The summed E-state index contributed by atoms with van der Waals surface area (Å²) in [6.45, 7) is 2.10. The van der Waals surface area contributed by atoms with Crippen molar-refractivity contribution in [2.24, 2.45) is 5.16 Å². The van der Waals surface area contributed by atoms with Crippen molar-refractivity contribution < 1.29 is 10.3 Å². The van der Waals surface area contributed by atoms with E-state index >= 15 is 0 Å². The van der Waals surface area contributed by atoms with Gasteiger partial charge in [0.25, 0.3) is 0 Å². The zero-order valence-electron chi connectivity index (χ0n) is 14.2. The highest BCUT2D eigenvalue weighted by Gasteiger charge is 2.13. The van der Waals surface area contributed by atoms with E-state index in [0.717, 1.165) is 46.2 Å². The Morgan fingerprint density at radius 3 is 2.44 bits per heavy atom. The summed E-state index contributed by atoms with van der Waals surface area (Å²) in [5.41, 5.74) is 5.93. The molecule has 0 aromatic heterocycles. The van der Waals surface area contributed by atoms with Crippen LogP contribution in [0.1, 0.15) is 24.5 Å². The zero-order chi connectivity index (χ0) is 17.6. The van der Waals surface area contributed by atoms with Crippen LogP contribution in [-0.2, 0) is 6.42 Å². The summed E-state index contributed by atoms with van der Waals surface area (Å²) in [5.74, 6) is 0.333. The third-order valence-electron chi connectivity index (χ3n) is 4.27. The number of rotatable bonds is 5. The molecule has 3 nitrogen and oxygen atoms in total. The molecule has 0 aliphatic carbocycles. The maximum absolute atomic E-state index is 10.1. The van der Waals surface area contributed by atoms with Crippen LogP contribution in [0.25, 0.3) is 22.3 Å². The summed E-state index contributed by atoms with van der Waals surface area (Å²) < 4.78 is 0. The monoisotopic (exact) mass is 331 g/mol. The summed E-state index contributed by atoms with van der Waals surface area (Å²) in [4.78, 5) is 0. The minimum absolute atomic E-state index is 0.333. The SMILES string of the molecule is CCCc1cc(-c2cccc(C=NO)c2-c2ccccc2)ccc1O. The van der Waals surface area contributed by atoms with Crippen LogP contribution in [0.2, 0.25) is 0 Å². The lowest BCUT2D eigenvalue weighted by atomic mass is 9.90. The molecule has 3 aromatic carbocycles. The Hall–Kier alpha value is -3.07. The quantitative estimate of drug-likeness (QED) is 0.369. The fraction of sp³-hybridized carbons (Fsp3) is 0.136. The van der Waals surface area contributed by atoms with Gasteiger partial charge >= 0.3 is 0 Å². The first-order chi connectivity index (χ1) is 12.2. The Morgan fingerprint density at radius 1 is 0.920 bits per heavy atom. The van der Waals surface area contributed by atoms with Gasteiger partial charge in [-0.1, -0.05) is 73.1 Å². The summed E-state index contributed by atoms with van der Waals surface area (Å²) in [5, 5.41) is 22.3. The molecular formula is C22H21NO2. The molecule has 0 fully saturated rings. The standard InChI is InChI=1S/C22H21NO2/c1-2-7-18-14-17(12-13-21(18)24)20-11-6-10-19(15-23-25)22(20)16-8-4-3-5-9-16/h3-6,8-15,24-25H,2,7H2,1H3. The number of hydrogen-bond donors (Lipinski definition) is 2. The molecule has 0 aliphatic rings. The van der Waals surface area contributed by atoms with Gasteiger partial charge in [0.1, 0.15) is 5.75 Å². The van der Waals surface area contributed by atoms with Crippen molar-refractivity contribution in [1.82, 2.24) is 0 Å². The molecule has 0 amide bonds. The Labute approximate surface area is 147 Å². The molecule has 0 spiro atoms. The van der Waals surface area contributed by atoms with E-state index in [1.165, 1.54) is 6.21 Å². The van der Waals surface area contributed by atoms with Crippen molar-refractivity contribution in [1.29, 1.82) is 0 Å². The van der Waals surface area contributed by atoms with Crippen molar-refractivity contribution >= 4 is 6.21 Å². The average molecular weight is 331 g/mol. The Bertz CT molecular complexity index is 886. The Morgan fingerprint density at radius 2 is 1.72 bits per heavy atom. The van der Waals surface area contributed by atoms with Crippen LogP contribution in [0.4, 0.5) is 0 Å². The van der Waals surface area contributed by atoms with Crippen molar-refractivity contribution in [2.75, 3.05) is 0 Å². The fourth-order valence-electron chi connectivity index (χ4n) is 3.13.